The van der Waals surface area contributed by atoms with E-state index in [4.69, 9.17) is 88.6 Å². The first-order valence-electron chi connectivity index (χ1n) is 12.9. The predicted octanol–water partition coefficient (Wildman–Crippen LogP) is 8.52. The van der Waals surface area contributed by atoms with Gasteiger partial charge in [0.2, 0.25) is 0 Å². The van der Waals surface area contributed by atoms with E-state index in [1.165, 1.54) is 0 Å². The topological polar surface area (TPSA) is 105 Å². The third-order valence-corrected chi connectivity index (χ3v) is 9.16. The van der Waals surface area contributed by atoms with Gasteiger partial charge in [-0.25, -0.2) is 19.2 Å². The average Bonchev–Trinajstić information content (AvgIpc) is 3.84. The summed E-state index contributed by atoms with van der Waals surface area (Å²) in [6.45, 7) is 4.02. The monoisotopic (exact) mass is 698 g/mol. The Balaban J connectivity index is 1.54. The predicted molar refractivity (Wildman–Crippen MR) is 159 cm³/mol. The molecule has 2 aliphatic rings. The summed E-state index contributed by atoms with van der Waals surface area (Å²) in [6, 6.07) is 2.24. The van der Waals surface area contributed by atoms with Crippen LogP contribution in [0.25, 0.3) is 0 Å². The summed E-state index contributed by atoms with van der Waals surface area (Å²) < 4.78 is 21.0. The molecule has 2 saturated carbocycles. The van der Waals surface area contributed by atoms with Gasteiger partial charge in [0.05, 0.1) is 43.3 Å². The molecule has 2 aromatic carbocycles. The van der Waals surface area contributed by atoms with Gasteiger partial charge in [0.15, 0.2) is 11.5 Å². The number of rotatable bonds is 10. The van der Waals surface area contributed by atoms with Crippen LogP contribution < -0.4 is 9.47 Å². The fraction of sp³-hybridized carbons (Fsp3) is 0.429. The molecule has 14 heteroatoms. The van der Waals surface area contributed by atoms with Gasteiger partial charge in [-0.2, -0.15) is 0 Å². The first-order chi connectivity index (χ1) is 19.8. The summed E-state index contributed by atoms with van der Waals surface area (Å²) >= 11 is 37.1. The number of carbonyl (C=O) groups excluding carboxylic acids is 4. The summed E-state index contributed by atoms with van der Waals surface area (Å²) in [7, 11) is 0. The van der Waals surface area contributed by atoms with Crippen molar-refractivity contribution in [2.45, 2.75) is 39.5 Å². The summed E-state index contributed by atoms with van der Waals surface area (Å²) in [6.07, 6.45) is 4.15. The van der Waals surface area contributed by atoms with Crippen molar-refractivity contribution < 1.29 is 38.1 Å². The number of esters is 4. The Morgan fingerprint density at radius 2 is 0.976 bits per heavy atom. The van der Waals surface area contributed by atoms with E-state index in [0.29, 0.717) is 11.8 Å². The number of ether oxygens (including phenoxy) is 4. The van der Waals surface area contributed by atoms with Crippen LogP contribution in [0.2, 0.25) is 30.1 Å². The van der Waals surface area contributed by atoms with Crippen molar-refractivity contribution in [2.75, 3.05) is 13.2 Å². The standard InChI is InChI=1S/C28H24Cl6O8/c1-11(13-3-4-13)9-39-25(35)19-21(33)15(29)7-17(31)23(19)41-27(37)28(38)42-24-18(32)8-16(30)22(34)20(24)26(36)40-10-12(2)14-5-6-14/h7-8,11-14H,3-6,9-10H2,1-2H3. The van der Waals surface area contributed by atoms with Gasteiger partial charge < -0.3 is 18.9 Å². The molecule has 0 bridgehead atoms. The Hall–Kier alpha value is -1.94. The van der Waals surface area contributed by atoms with Crippen molar-refractivity contribution in [2.24, 2.45) is 23.7 Å². The van der Waals surface area contributed by atoms with Gasteiger partial charge in [-0.3, -0.25) is 0 Å². The molecule has 8 nitrogen and oxygen atoms in total. The molecule has 0 amide bonds. The third-order valence-electron chi connectivity index (χ3n) is 7.03. The number of carbonyl (C=O) groups is 4. The smallest absolute Gasteiger partial charge is 0.423 e. The van der Waals surface area contributed by atoms with E-state index < -0.39 is 46.5 Å². The second kappa shape index (κ2) is 13.8. The van der Waals surface area contributed by atoms with E-state index in [2.05, 4.69) is 0 Å². The molecule has 0 aromatic heterocycles. The minimum atomic E-state index is -1.64. The van der Waals surface area contributed by atoms with Gasteiger partial charge in [0, 0.05) is 0 Å². The first kappa shape index (κ1) is 33.0. The van der Waals surface area contributed by atoms with Gasteiger partial charge in [0.1, 0.15) is 11.1 Å². The van der Waals surface area contributed by atoms with E-state index in [9.17, 15) is 19.2 Å². The number of halogens is 6. The van der Waals surface area contributed by atoms with Crippen molar-refractivity contribution in [3.05, 3.63) is 53.4 Å². The van der Waals surface area contributed by atoms with Gasteiger partial charge in [-0.15, -0.1) is 0 Å². The van der Waals surface area contributed by atoms with Crippen LogP contribution in [0.1, 0.15) is 60.2 Å². The highest BCUT2D eigenvalue weighted by Gasteiger charge is 2.34. The highest BCUT2D eigenvalue weighted by molar-refractivity contribution is 6.47. The lowest BCUT2D eigenvalue weighted by Crippen LogP contribution is -2.27. The lowest BCUT2D eigenvalue weighted by molar-refractivity contribution is -0.156. The molecule has 0 radical (unpaired) electrons. The molecule has 2 unspecified atom stereocenters. The molecule has 0 N–H and O–H groups in total. The maximum atomic E-state index is 12.9. The van der Waals surface area contributed by atoms with Crippen LogP contribution in [-0.4, -0.2) is 37.1 Å². The van der Waals surface area contributed by atoms with E-state index >= 15 is 0 Å². The second-order valence-corrected chi connectivity index (χ2v) is 12.7. The molecule has 0 spiro atoms. The van der Waals surface area contributed by atoms with Crippen LogP contribution in [0.3, 0.4) is 0 Å². The van der Waals surface area contributed by atoms with Crippen molar-refractivity contribution in [3.63, 3.8) is 0 Å². The third kappa shape index (κ3) is 7.76. The molecule has 0 saturated heterocycles. The van der Waals surface area contributed by atoms with Gasteiger partial charge in [-0.05, 0) is 61.5 Å². The van der Waals surface area contributed by atoms with Crippen LogP contribution in [0, 0.1) is 23.7 Å². The Labute approximate surface area is 271 Å². The molecule has 226 valence electrons. The van der Waals surface area contributed by atoms with Crippen molar-refractivity contribution in [1.82, 2.24) is 0 Å². The lowest BCUT2D eigenvalue weighted by Gasteiger charge is -2.17. The van der Waals surface area contributed by atoms with Gasteiger partial charge >= 0.3 is 23.9 Å². The minimum absolute atomic E-state index is 0.0769. The average molecular weight is 701 g/mol. The molecule has 2 aromatic rings. The summed E-state index contributed by atoms with van der Waals surface area (Å²) in [5, 5.41) is -1.47. The Kier molecular flexibility index (Phi) is 10.8. The molecule has 2 atom stereocenters. The minimum Gasteiger partial charge on any atom is -0.462 e. The van der Waals surface area contributed by atoms with Crippen LogP contribution in [0.15, 0.2) is 12.1 Å². The number of benzene rings is 2. The zero-order valence-corrected chi connectivity index (χ0v) is 26.8. The number of hydrogen-bond donors (Lipinski definition) is 0. The second-order valence-electron chi connectivity index (χ2n) is 10.3. The van der Waals surface area contributed by atoms with Gasteiger partial charge in [0.25, 0.3) is 0 Å². The molecular formula is C28H24Cl6O8. The van der Waals surface area contributed by atoms with Crippen LogP contribution in [-0.2, 0) is 19.1 Å². The molecule has 0 heterocycles. The molecule has 0 aliphatic heterocycles. The quantitative estimate of drug-likeness (QED) is 0.105. The van der Waals surface area contributed by atoms with E-state index in [-0.39, 0.29) is 55.2 Å². The molecule has 2 fully saturated rings. The summed E-state index contributed by atoms with van der Waals surface area (Å²) in [5.41, 5.74) is -0.917. The molecule has 4 rings (SSSR count). The Morgan fingerprint density at radius 1 is 0.643 bits per heavy atom. The maximum absolute atomic E-state index is 12.9. The van der Waals surface area contributed by atoms with Crippen molar-refractivity contribution >= 4 is 93.5 Å². The molecule has 2 aliphatic carbocycles. The van der Waals surface area contributed by atoms with Crippen molar-refractivity contribution in [3.8, 4) is 11.5 Å². The number of hydrogen-bond acceptors (Lipinski definition) is 8. The molecular weight excluding hydrogens is 677 g/mol. The largest absolute Gasteiger partial charge is 0.462 e. The fourth-order valence-electron chi connectivity index (χ4n) is 4.15. The normalized spacial score (nSPS) is 15.9. The first-order valence-corrected chi connectivity index (χ1v) is 15.2. The lowest BCUT2D eigenvalue weighted by atomic mass is 10.1. The van der Waals surface area contributed by atoms with Crippen LogP contribution in [0.5, 0.6) is 11.5 Å². The van der Waals surface area contributed by atoms with Crippen LogP contribution in [0.4, 0.5) is 0 Å². The maximum Gasteiger partial charge on any atom is 0.423 e. The highest BCUT2D eigenvalue weighted by Crippen LogP contribution is 2.43. The summed E-state index contributed by atoms with van der Waals surface area (Å²) in [5.74, 6) is -5.29. The Morgan fingerprint density at radius 3 is 1.29 bits per heavy atom. The van der Waals surface area contributed by atoms with E-state index in [0.717, 1.165) is 37.8 Å². The van der Waals surface area contributed by atoms with E-state index in [1.54, 1.807) is 0 Å². The zero-order valence-electron chi connectivity index (χ0n) is 22.2. The highest BCUT2D eigenvalue weighted by atomic mass is 35.5. The fourth-order valence-corrected chi connectivity index (χ4v) is 5.59. The molecule has 42 heavy (non-hydrogen) atoms. The zero-order chi connectivity index (χ0) is 30.9. The van der Waals surface area contributed by atoms with Gasteiger partial charge in [-0.1, -0.05) is 83.5 Å². The Bertz CT molecular complexity index is 1330. The van der Waals surface area contributed by atoms with Crippen molar-refractivity contribution in [1.29, 1.82) is 0 Å². The van der Waals surface area contributed by atoms with Crippen LogP contribution >= 0.6 is 69.6 Å². The van der Waals surface area contributed by atoms with E-state index in [1.807, 2.05) is 13.8 Å². The SMILES string of the molecule is CC(COC(=O)c1c(Cl)c(Cl)cc(Cl)c1OC(=O)C(=O)Oc1c(Cl)cc(Cl)c(Cl)c1C(=O)OCC(C)C1CC1)C1CC1. The summed E-state index contributed by atoms with van der Waals surface area (Å²) in [4.78, 5) is 51.6.